The van der Waals surface area contributed by atoms with Gasteiger partial charge in [0, 0.05) is 12.6 Å². The molecule has 0 bridgehead atoms. The average molecular weight is 283 g/mol. The summed E-state index contributed by atoms with van der Waals surface area (Å²) in [6.07, 6.45) is 1.34. The number of hydrogen-bond acceptors (Lipinski definition) is 3. The van der Waals surface area contributed by atoms with E-state index in [-0.39, 0.29) is 31.3 Å². The Hall–Kier alpha value is -1.62. The van der Waals surface area contributed by atoms with Gasteiger partial charge in [-0.05, 0) is 25.0 Å². The smallest absolute Gasteiger partial charge is 0.223 e. The molecule has 0 aliphatic rings. The molecule has 0 aliphatic heterocycles. The molecule has 0 unspecified atom stereocenters. The Morgan fingerprint density at radius 2 is 2.10 bits per heavy atom. The Morgan fingerprint density at radius 1 is 1.40 bits per heavy atom. The fraction of sp³-hybridized carbons (Fsp3) is 0.533. The highest BCUT2D eigenvalue weighted by Gasteiger charge is 2.22. The molecular weight excluding hydrogens is 261 g/mol. The number of halogens is 1. The molecule has 112 valence electrons. The summed E-state index contributed by atoms with van der Waals surface area (Å²) in [4.78, 5) is 11.6. The minimum Gasteiger partial charge on any atom is -0.493 e. The number of carbonyl (C=O) groups is 1. The quantitative estimate of drug-likeness (QED) is 0.769. The summed E-state index contributed by atoms with van der Waals surface area (Å²) in [5.41, 5.74) is -0.848. The van der Waals surface area contributed by atoms with E-state index in [1.165, 1.54) is 12.1 Å². The third-order valence-electron chi connectivity index (χ3n) is 3.32. The van der Waals surface area contributed by atoms with Crippen LogP contribution in [0.4, 0.5) is 4.39 Å². The van der Waals surface area contributed by atoms with Crippen LogP contribution in [-0.2, 0) is 4.79 Å². The van der Waals surface area contributed by atoms with Crippen molar-refractivity contribution in [3.8, 4) is 5.75 Å². The molecule has 0 heterocycles. The van der Waals surface area contributed by atoms with E-state index in [4.69, 9.17) is 4.74 Å². The fourth-order valence-corrected chi connectivity index (χ4v) is 1.67. The van der Waals surface area contributed by atoms with Crippen molar-refractivity contribution in [2.24, 2.45) is 0 Å². The maximum atomic E-state index is 12.9. The van der Waals surface area contributed by atoms with Crippen molar-refractivity contribution in [1.29, 1.82) is 0 Å². The lowest BCUT2D eigenvalue weighted by Gasteiger charge is -2.25. The molecule has 1 rings (SSSR count). The average Bonchev–Trinajstić information content (AvgIpc) is 2.45. The lowest BCUT2D eigenvalue weighted by atomic mass is 9.97. The Morgan fingerprint density at radius 3 is 2.70 bits per heavy atom. The van der Waals surface area contributed by atoms with E-state index in [0.717, 1.165) is 0 Å². The highest BCUT2D eigenvalue weighted by molar-refractivity contribution is 5.76. The first-order chi connectivity index (χ1) is 9.49. The highest BCUT2D eigenvalue weighted by atomic mass is 19.1. The van der Waals surface area contributed by atoms with Crippen molar-refractivity contribution in [2.75, 3.05) is 13.2 Å². The summed E-state index contributed by atoms with van der Waals surface area (Å²) in [6, 6.07) is 5.78. The van der Waals surface area contributed by atoms with Gasteiger partial charge in [0.2, 0.25) is 5.91 Å². The predicted octanol–water partition coefficient (Wildman–Crippen LogP) is 2.26. The van der Waals surface area contributed by atoms with Crippen LogP contribution < -0.4 is 10.1 Å². The van der Waals surface area contributed by atoms with Crippen molar-refractivity contribution in [1.82, 2.24) is 5.32 Å². The van der Waals surface area contributed by atoms with Gasteiger partial charge in [-0.3, -0.25) is 4.79 Å². The molecule has 0 spiro atoms. The molecule has 1 amide bonds. The molecule has 0 fully saturated rings. The maximum Gasteiger partial charge on any atom is 0.223 e. The van der Waals surface area contributed by atoms with E-state index < -0.39 is 5.60 Å². The van der Waals surface area contributed by atoms with E-state index in [1.807, 2.05) is 13.8 Å². The minimum atomic E-state index is -0.848. The van der Waals surface area contributed by atoms with Crippen LogP contribution in [0.2, 0.25) is 0 Å². The molecule has 2 N–H and O–H groups in total. The largest absolute Gasteiger partial charge is 0.493 e. The molecular formula is C15H22FNO3. The number of benzene rings is 1. The van der Waals surface area contributed by atoms with E-state index in [9.17, 15) is 14.3 Å². The summed E-state index contributed by atoms with van der Waals surface area (Å²) in [5, 5.41) is 12.7. The second-order valence-corrected chi connectivity index (χ2v) is 4.76. The standard InChI is InChI=1S/C15H22FNO3/c1-3-15(19,4-2)11-17-14(18)8-9-20-13-7-5-6-12(16)10-13/h5-7,10,19H,3-4,8-9,11H2,1-2H3,(H,17,18). The van der Waals surface area contributed by atoms with E-state index >= 15 is 0 Å². The van der Waals surface area contributed by atoms with Gasteiger partial charge in [-0.2, -0.15) is 0 Å². The number of carbonyl (C=O) groups excluding carboxylic acids is 1. The van der Waals surface area contributed by atoms with Crippen LogP contribution in [0.25, 0.3) is 0 Å². The molecule has 0 aliphatic carbocycles. The van der Waals surface area contributed by atoms with Crippen molar-refractivity contribution >= 4 is 5.91 Å². The van der Waals surface area contributed by atoms with E-state index in [1.54, 1.807) is 12.1 Å². The SMILES string of the molecule is CCC(O)(CC)CNC(=O)CCOc1cccc(F)c1. The van der Waals surface area contributed by atoms with E-state index in [2.05, 4.69) is 5.32 Å². The lowest BCUT2D eigenvalue weighted by molar-refractivity contribution is -0.122. The normalized spacial score (nSPS) is 11.2. The topological polar surface area (TPSA) is 58.6 Å². The summed E-state index contributed by atoms with van der Waals surface area (Å²) >= 11 is 0. The Balaban J connectivity index is 2.27. The van der Waals surface area contributed by atoms with Crippen molar-refractivity contribution in [3.63, 3.8) is 0 Å². The lowest BCUT2D eigenvalue weighted by Crippen LogP contribution is -2.42. The van der Waals surface area contributed by atoms with Crippen LogP contribution in [0.1, 0.15) is 33.1 Å². The molecule has 0 radical (unpaired) electrons. The number of hydrogen-bond donors (Lipinski definition) is 2. The van der Waals surface area contributed by atoms with Gasteiger partial charge in [-0.1, -0.05) is 19.9 Å². The second-order valence-electron chi connectivity index (χ2n) is 4.76. The molecule has 1 aromatic rings. The minimum absolute atomic E-state index is 0.167. The number of rotatable bonds is 8. The van der Waals surface area contributed by atoms with Gasteiger partial charge in [-0.15, -0.1) is 0 Å². The Labute approximate surface area is 119 Å². The third kappa shape index (κ3) is 5.57. The zero-order chi connectivity index (χ0) is 15.0. The van der Waals surface area contributed by atoms with Crippen LogP contribution in [-0.4, -0.2) is 29.8 Å². The summed E-state index contributed by atoms with van der Waals surface area (Å²) < 4.78 is 18.2. The van der Waals surface area contributed by atoms with E-state index in [0.29, 0.717) is 18.6 Å². The van der Waals surface area contributed by atoms with Crippen molar-refractivity contribution < 1.29 is 19.0 Å². The monoisotopic (exact) mass is 283 g/mol. The van der Waals surface area contributed by atoms with Gasteiger partial charge in [0.15, 0.2) is 0 Å². The summed E-state index contributed by atoms with van der Waals surface area (Å²) in [5.74, 6) is -0.166. The van der Waals surface area contributed by atoms with Gasteiger partial charge in [0.05, 0.1) is 18.6 Å². The van der Waals surface area contributed by atoms with Crippen molar-refractivity contribution in [2.45, 2.75) is 38.7 Å². The van der Waals surface area contributed by atoms with Crippen LogP contribution in [0, 0.1) is 5.82 Å². The zero-order valence-electron chi connectivity index (χ0n) is 12.0. The third-order valence-corrected chi connectivity index (χ3v) is 3.32. The van der Waals surface area contributed by atoms with Gasteiger partial charge >= 0.3 is 0 Å². The molecule has 0 atom stereocenters. The highest BCUT2D eigenvalue weighted by Crippen LogP contribution is 2.13. The first-order valence-corrected chi connectivity index (χ1v) is 6.86. The number of ether oxygens (including phenoxy) is 1. The van der Waals surface area contributed by atoms with Crippen LogP contribution in [0.3, 0.4) is 0 Å². The number of amides is 1. The Bertz CT molecular complexity index is 433. The molecule has 5 heteroatoms. The molecule has 20 heavy (non-hydrogen) atoms. The first-order valence-electron chi connectivity index (χ1n) is 6.86. The number of nitrogens with one attached hydrogen (secondary N) is 1. The van der Waals surface area contributed by atoms with Gasteiger partial charge < -0.3 is 15.2 Å². The zero-order valence-corrected chi connectivity index (χ0v) is 12.0. The first kappa shape index (κ1) is 16.4. The van der Waals surface area contributed by atoms with Gasteiger partial charge in [-0.25, -0.2) is 4.39 Å². The van der Waals surface area contributed by atoms with Gasteiger partial charge in [0.25, 0.3) is 0 Å². The van der Waals surface area contributed by atoms with Crippen LogP contribution in [0.5, 0.6) is 5.75 Å². The molecule has 0 saturated carbocycles. The van der Waals surface area contributed by atoms with Crippen LogP contribution in [0.15, 0.2) is 24.3 Å². The predicted molar refractivity (Wildman–Crippen MR) is 75.1 cm³/mol. The summed E-state index contributed by atoms with van der Waals surface area (Å²) in [6.45, 7) is 4.16. The molecule has 0 aromatic heterocycles. The van der Waals surface area contributed by atoms with Gasteiger partial charge in [0.1, 0.15) is 11.6 Å². The summed E-state index contributed by atoms with van der Waals surface area (Å²) in [7, 11) is 0. The Kier molecular flexibility index (Phi) is 6.45. The number of aliphatic hydroxyl groups is 1. The molecule has 4 nitrogen and oxygen atoms in total. The fourth-order valence-electron chi connectivity index (χ4n) is 1.67. The molecule has 0 saturated heterocycles. The van der Waals surface area contributed by atoms with Crippen molar-refractivity contribution in [3.05, 3.63) is 30.1 Å². The molecule has 1 aromatic carbocycles. The van der Waals surface area contributed by atoms with Crippen LogP contribution >= 0.6 is 0 Å². The second kappa shape index (κ2) is 7.85. The maximum absolute atomic E-state index is 12.9.